The van der Waals surface area contributed by atoms with Gasteiger partial charge >= 0.3 is 0 Å². The molecule has 1 fully saturated rings. The number of hydrogen-bond acceptors (Lipinski definition) is 5. The van der Waals surface area contributed by atoms with Crippen LogP contribution in [0.4, 0.5) is 10.1 Å². The highest BCUT2D eigenvalue weighted by molar-refractivity contribution is 7.92. The van der Waals surface area contributed by atoms with Gasteiger partial charge in [0.15, 0.2) is 0 Å². The number of aromatic nitrogens is 1. The van der Waals surface area contributed by atoms with Gasteiger partial charge in [-0.3, -0.25) is 9.10 Å². The van der Waals surface area contributed by atoms with Crippen molar-refractivity contribution in [1.82, 2.24) is 9.88 Å². The lowest BCUT2D eigenvalue weighted by molar-refractivity contribution is -0.0241. The Kier molecular flexibility index (Phi) is 4.82. The lowest BCUT2D eigenvalue weighted by Crippen LogP contribution is -2.45. The van der Waals surface area contributed by atoms with E-state index in [0.717, 1.165) is 5.56 Å². The molecular formula is C20H22FN3O4S. The van der Waals surface area contributed by atoms with Gasteiger partial charge in [0, 0.05) is 37.0 Å². The van der Waals surface area contributed by atoms with Crippen LogP contribution in [0.2, 0.25) is 0 Å². The molecular weight excluding hydrogens is 397 g/mol. The van der Waals surface area contributed by atoms with Crippen molar-refractivity contribution < 1.29 is 22.7 Å². The maximum Gasteiger partial charge on any atom is 0.253 e. The van der Waals surface area contributed by atoms with E-state index in [4.69, 9.17) is 0 Å². The zero-order chi connectivity index (χ0) is 20.8. The Morgan fingerprint density at radius 3 is 2.59 bits per heavy atom. The number of amides is 1. The zero-order valence-electron chi connectivity index (χ0n) is 16.0. The monoisotopic (exact) mass is 419 g/mol. The number of anilines is 1. The number of rotatable bonds is 3. The highest BCUT2D eigenvalue weighted by atomic mass is 32.2. The van der Waals surface area contributed by atoms with Gasteiger partial charge in [0.05, 0.1) is 17.5 Å². The van der Waals surface area contributed by atoms with Crippen LogP contribution in [0, 0.1) is 5.95 Å². The minimum Gasteiger partial charge on any atom is -0.385 e. The van der Waals surface area contributed by atoms with E-state index in [2.05, 4.69) is 4.98 Å². The molecule has 9 heteroatoms. The number of carbonyl (C=O) groups excluding carboxylic acids is 1. The highest BCUT2D eigenvalue weighted by Gasteiger charge is 2.38. The number of piperidine rings is 1. The molecule has 1 amide bonds. The van der Waals surface area contributed by atoms with E-state index in [9.17, 15) is 22.7 Å². The molecule has 0 saturated carbocycles. The van der Waals surface area contributed by atoms with Crippen molar-refractivity contribution in [1.29, 1.82) is 0 Å². The van der Waals surface area contributed by atoms with Gasteiger partial charge in [-0.15, -0.1) is 0 Å². The summed E-state index contributed by atoms with van der Waals surface area (Å²) in [6.07, 6.45) is 3.49. The van der Waals surface area contributed by atoms with Crippen molar-refractivity contribution in [3.8, 4) is 0 Å². The second-order valence-electron chi connectivity index (χ2n) is 7.59. The number of aliphatic hydroxyl groups is 1. The van der Waals surface area contributed by atoms with Crippen molar-refractivity contribution >= 4 is 21.6 Å². The molecule has 2 aliphatic heterocycles. The normalized spacial score (nSPS) is 18.6. The van der Waals surface area contributed by atoms with Crippen molar-refractivity contribution in [3.05, 3.63) is 59.2 Å². The molecule has 0 spiro atoms. The first-order valence-electron chi connectivity index (χ1n) is 9.42. The molecule has 2 aliphatic rings. The summed E-state index contributed by atoms with van der Waals surface area (Å²) in [5, 5.41) is 10.8. The summed E-state index contributed by atoms with van der Waals surface area (Å²) in [4.78, 5) is 18.2. The van der Waals surface area contributed by atoms with Crippen LogP contribution in [0.5, 0.6) is 0 Å². The Morgan fingerprint density at radius 1 is 1.21 bits per heavy atom. The van der Waals surface area contributed by atoms with Gasteiger partial charge in [0.2, 0.25) is 16.0 Å². The molecule has 4 rings (SSSR count). The van der Waals surface area contributed by atoms with Gasteiger partial charge in [-0.2, -0.15) is 4.39 Å². The molecule has 1 N–H and O–H groups in total. The van der Waals surface area contributed by atoms with Crippen LogP contribution in [0.3, 0.4) is 0 Å². The standard InChI is InChI=1S/C20H22FN3O4S/c1-29(27,28)24-10-6-14-13-15(4-5-17(14)24)19(25)23-11-7-20(26,8-12-23)16-3-2-9-22-18(16)21/h2-5,9,13,26H,6-8,10-12H2,1H3. The summed E-state index contributed by atoms with van der Waals surface area (Å²) in [5.41, 5.74) is 0.738. The lowest BCUT2D eigenvalue weighted by Gasteiger charge is -2.38. The summed E-state index contributed by atoms with van der Waals surface area (Å²) in [6.45, 7) is 0.950. The fourth-order valence-corrected chi connectivity index (χ4v) is 5.07. The molecule has 0 unspecified atom stereocenters. The molecule has 0 atom stereocenters. The maximum absolute atomic E-state index is 14.0. The van der Waals surface area contributed by atoms with Crippen molar-refractivity contribution in [2.75, 3.05) is 30.2 Å². The topological polar surface area (TPSA) is 90.8 Å². The maximum atomic E-state index is 14.0. The van der Waals surface area contributed by atoms with E-state index in [1.165, 1.54) is 22.8 Å². The smallest absolute Gasteiger partial charge is 0.253 e. The lowest BCUT2D eigenvalue weighted by atomic mass is 9.85. The van der Waals surface area contributed by atoms with Crippen LogP contribution in [-0.4, -0.2) is 55.2 Å². The predicted molar refractivity (Wildman–Crippen MR) is 106 cm³/mol. The van der Waals surface area contributed by atoms with Gasteiger partial charge in [0.1, 0.15) is 0 Å². The third-order valence-corrected chi connectivity index (χ3v) is 6.90. The SMILES string of the molecule is CS(=O)(=O)N1CCc2cc(C(=O)N3CCC(O)(c4cccnc4F)CC3)ccc21. The highest BCUT2D eigenvalue weighted by Crippen LogP contribution is 2.35. The van der Waals surface area contributed by atoms with Crippen molar-refractivity contribution in [2.45, 2.75) is 24.9 Å². The molecule has 1 aromatic carbocycles. The average Bonchev–Trinajstić information content (AvgIpc) is 3.12. The number of hydrogen-bond donors (Lipinski definition) is 1. The summed E-state index contributed by atoms with van der Waals surface area (Å²) in [7, 11) is -3.34. The summed E-state index contributed by atoms with van der Waals surface area (Å²) < 4.78 is 39.1. The van der Waals surface area contributed by atoms with Crippen molar-refractivity contribution in [3.63, 3.8) is 0 Å². The summed E-state index contributed by atoms with van der Waals surface area (Å²) >= 11 is 0. The fourth-order valence-electron chi connectivity index (χ4n) is 4.11. The molecule has 1 saturated heterocycles. The number of fused-ring (bicyclic) bond motifs is 1. The molecule has 154 valence electrons. The van der Waals surface area contributed by atoms with Crippen LogP contribution in [0.15, 0.2) is 36.5 Å². The van der Waals surface area contributed by atoms with Crippen LogP contribution in [-0.2, 0) is 22.0 Å². The molecule has 7 nitrogen and oxygen atoms in total. The fraction of sp³-hybridized carbons (Fsp3) is 0.400. The Hall–Kier alpha value is -2.52. The van der Waals surface area contributed by atoms with Gasteiger partial charge < -0.3 is 10.0 Å². The van der Waals surface area contributed by atoms with Gasteiger partial charge in [-0.1, -0.05) is 6.07 Å². The number of halogens is 1. The average molecular weight is 419 g/mol. The van der Waals surface area contributed by atoms with E-state index in [1.807, 2.05) is 0 Å². The molecule has 29 heavy (non-hydrogen) atoms. The Balaban J connectivity index is 1.49. The number of benzene rings is 1. The third-order valence-electron chi connectivity index (χ3n) is 5.72. The Bertz CT molecular complexity index is 1070. The minimum atomic E-state index is -3.34. The quantitative estimate of drug-likeness (QED) is 0.765. The van der Waals surface area contributed by atoms with E-state index in [0.29, 0.717) is 24.2 Å². The molecule has 0 bridgehead atoms. The number of carbonyl (C=O) groups is 1. The van der Waals surface area contributed by atoms with Gasteiger partial charge in [-0.05, 0) is 49.1 Å². The predicted octanol–water partition coefficient (Wildman–Crippen LogP) is 1.67. The zero-order valence-corrected chi connectivity index (χ0v) is 16.8. The van der Waals surface area contributed by atoms with Gasteiger partial charge in [-0.25, -0.2) is 13.4 Å². The number of pyridine rings is 1. The third kappa shape index (κ3) is 3.60. The second-order valence-corrected chi connectivity index (χ2v) is 9.50. The second kappa shape index (κ2) is 7.07. The van der Waals surface area contributed by atoms with Crippen LogP contribution < -0.4 is 4.31 Å². The van der Waals surface area contributed by atoms with Crippen LogP contribution in [0.25, 0.3) is 0 Å². The van der Waals surface area contributed by atoms with E-state index in [-0.39, 0.29) is 37.4 Å². The molecule has 2 aromatic rings. The first kappa shape index (κ1) is 19.8. The largest absolute Gasteiger partial charge is 0.385 e. The van der Waals surface area contributed by atoms with E-state index in [1.54, 1.807) is 29.2 Å². The number of nitrogens with zero attached hydrogens (tertiary/aromatic N) is 3. The molecule has 0 radical (unpaired) electrons. The summed E-state index contributed by atoms with van der Waals surface area (Å²) in [6, 6.07) is 8.14. The first-order valence-corrected chi connectivity index (χ1v) is 11.3. The Labute approximate surface area is 168 Å². The van der Waals surface area contributed by atoms with E-state index >= 15 is 0 Å². The number of sulfonamides is 1. The van der Waals surface area contributed by atoms with E-state index < -0.39 is 21.6 Å². The first-order chi connectivity index (χ1) is 13.7. The molecule has 3 heterocycles. The van der Waals surface area contributed by atoms with Crippen LogP contribution >= 0.6 is 0 Å². The van der Waals surface area contributed by atoms with Crippen LogP contribution in [0.1, 0.15) is 34.3 Å². The van der Waals surface area contributed by atoms with Gasteiger partial charge in [0.25, 0.3) is 5.91 Å². The molecule has 0 aliphatic carbocycles. The minimum absolute atomic E-state index is 0.158. The number of likely N-dealkylation sites (tertiary alicyclic amines) is 1. The van der Waals surface area contributed by atoms with Crippen molar-refractivity contribution in [2.24, 2.45) is 0 Å². The molecule has 1 aromatic heterocycles. The Morgan fingerprint density at radius 2 is 1.93 bits per heavy atom. The summed E-state index contributed by atoms with van der Waals surface area (Å²) in [5.74, 6) is -0.872.